The Morgan fingerprint density at radius 2 is 1.94 bits per heavy atom. The SMILES string of the molecule is CC(C)c1nc2[nH]c(=O)ccc2c(-c2ccc(F)cc2)c1C=C[C@H]1C[C@H](O)CC(=O)O1. The van der Waals surface area contributed by atoms with Gasteiger partial charge in [0.25, 0.3) is 0 Å². The van der Waals surface area contributed by atoms with Gasteiger partial charge in [-0.3, -0.25) is 9.59 Å². The summed E-state index contributed by atoms with van der Waals surface area (Å²) < 4.78 is 18.9. The number of fused-ring (bicyclic) bond motifs is 1. The maximum absolute atomic E-state index is 13.6. The van der Waals surface area contributed by atoms with E-state index in [0.29, 0.717) is 12.1 Å². The van der Waals surface area contributed by atoms with Crippen LogP contribution < -0.4 is 5.56 Å². The van der Waals surface area contributed by atoms with Crippen LogP contribution in [-0.4, -0.2) is 33.3 Å². The molecule has 0 unspecified atom stereocenters. The molecule has 2 atom stereocenters. The molecule has 4 rings (SSSR count). The molecular weight excluding hydrogens is 399 g/mol. The lowest BCUT2D eigenvalue weighted by Crippen LogP contribution is -2.31. The Hall–Kier alpha value is -3.32. The zero-order valence-corrected chi connectivity index (χ0v) is 17.3. The van der Waals surface area contributed by atoms with E-state index in [1.165, 1.54) is 18.2 Å². The number of carbonyl (C=O) groups excluding carboxylic acids is 1. The van der Waals surface area contributed by atoms with Crippen LogP contribution >= 0.6 is 0 Å². The molecule has 160 valence electrons. The van der Waals surface area contributed by atoms with Crippen molar-refractivity contribution in [2.75, 3.05) is 0 Å². The molecule has 0 saturated carbocycles. The maximum atomic E-state index is 13.6. The van der Waals surface area contributed by atoms with Gasteiger partial charge in [0.2, 0.25) is 5.56 Å². The summed E-state index contributed by atoms with van der Waals surface area (Å²) in [5.41, 5.74) is 3.29. The summed E-state index contributed by atoms with van der Waals surface area (Å²) in [6.07, 6.45) is 2.60. The van der Waals surface area contributed by atoms with Gasteiger partial charge in [0, 0.05) is 29.0 Å². The molecule has 1 saturated heterocycles. The number of cyclic esters (lactones) is 1. The number of ether oxygens (including phenoxy) is 1. The van der Waals surface area contributed by atoms with Gasteiger partial charge in [0.1, 0.15) is 17.6 Å². The van der Waals surface area contributed by atoms with Gasteiger partial charge in [-0.1, -0.05) is 32.1 Å². The number of benzene rings is 1. The summed E-state index contributed by atoms with van der Waals surface area (Å²) >= 11 is 0. The molecule has 1 aliphatic heterocycles. The lowest BCUT2D eigenvalue weighted by molar-refractivity contribution is -0.156. The molecule has 7 heteroatoms. The van der Waals surface area contributed by atoms with E-state index in [9.17, 15) is 19.1 Å². The fraction of sp³-hybridized carbons (Fsp3) is 0.292. The highest BCUT2D eigenvalue weighted by atomic mass is 19.1. The van der Waals surface area contributed by atoms with Crippen molar-refractivity contribution in [2.45, 2.75) is 44.8 Å². The minimum Gasteiger partial charge on any atom is -0.458 e. The highest BCUT2D eigenvalue weighted by Crippen LogP contribution is 2.36. The van der Waals surface area contributed by atoms with E-state index in [2.05, 4.69) is 4.98 Å². The molecule has 0 aliphatic carbocycles. The molecule has 1 aromatic carbocycles. The van der Waals surface area contributed by atoms with Gasteiger partial charge in [-0.05, 0) is 35.8 Å². The summed E-state index contributed by atoms with van der Waals surface area (Å²) in [5, 5.41) is 10.6. The number of aromatic amines is 1. The molecule has 3 aromatic rings. The fourth-order valence-corrected chi connectivity index (χ4v) is 3.87. The summed E-state index contributed by atoms with van der Waals surface area (Å²) in [4.78, 5) is 31.1. The number of carbonyl (C=O) groups is 1. The lowest BCUT2D eigenvalue weighted by Gasteiger charge is -2.24. The Kier molecular flexibility index (Phi) is 5.69. The van der Waals surface area contributed by atoms with Crippen molar-refractivity contribution < 1.29 is 19.0 Å². The van der Waals surface area contributed by atoms with E-state index in [0.717, 1.165) is 27.8 Å². The molecule has 1 aliphatic rings. The van der Waals surface area contributed by atoms with Crippen molar-refractivity contribution in [3.05, 3.63) is 69.9 Å². The smallest absolute Gasteiger partial charge is 0.309 e. The predicted octanol–water partition coefficient (Wildman–Crippen LogP) is 3.93. The van der Waals surface area contributed by atoms with Crippen molar-refractivity contribution >= 4 is 23.1 Å². The highest BCUT2D eigenvalue weighted by molar-refractivity contribution is 5.98. The third-order valence-corrected chi connectivity index (χ3v) is 5.29. The van der Waals surface area contributed by atoms with Crippen LogP contribution in [0.3, 0.4) is 0 Å². The van der Waals surface area contributed by atoms with E-state index in [4.69, 9.17) is 9.72 Å². The van der Waals surface area contributed by atoms with Crippen LogP contribution in [-0.2, 0) is 9.53 Å². The Bertz CT molecular complexity index is 1210. The molecule has 0 radical (unpaired) electrons. The van der Waals surface area contributed by atoms with E-state index in [1.54, 1.807) is 24.3 Å². The number of hydrogen-bond donors (Lipinski definition) is 2. The second kappa shape index (κ2) is 8.43. The Morgan fingerprint density at radius 1 is 1.19 bits per heavy atom. The van der Waals surface area contributed by atoms with Gasteiger partial charge in [-0.25, -0.2) is 9.37 Å². The number of pyridine rings is 2. The van der Waals surface area contributed by atoms with Crippen molar-refractivity contribution in [3.63, 3.8) is 0 Å². The molecule has 2 aromatic heterocycles. The number of nitrogens with zero attached hydrogens (tertiary/aromatic N) is 1. The molecule has 2 N–H and O–H groups in total. The first-order valence-corrected chi connectivity index (χ1v) is 10.2. The second-order valence-electron chi connectivity index (χ2n) is 8.01. The first-order valence-electron chi connectivity index (χ1n) is 10.2. The van der Waals surface area contributed by atoms with E-state index in [1.807, 2.05) is 19.9 Å². The van der Waals surface area contributed by atoms with Crippen LogP contribution in [0.2, 0.25) is 0 Å². The number of halogens is 1. The number of aliphatic hydroxyl groups excluding tert-OH is 1. The van der Waals surface area contributed by atoms with Crippen molar-refractivity contribution in [1.29, 1.82) is 0 Å². The monoisotopic (exact) mass is 422 g/mol. The molecular formula is C24H23FN2O4. The van der Waals surface area contributed by atoms with E-state index in [-0.39, 0.29) is 23.7 Å². The number of nitrogens with one attached hydrogen (secondary N) is 1. The molecule has 31 heavy (non-hydrogen) atoms. The predicted molar refractivity (Wildman–Crippen MR) is 116 cm³/mol. The Labute approximate surface area is 178 Å². The van der Waals surface area contributed by atoms with Crippen LogP contribution in [0.5, 0.6) is 0 Å². The third-order valence-electron chi connectivity index (χ3n) is 5.29. The summed E-state index contributed by atoms with van der Waals surface area (Å²) in [5.74, 6) is -0.767. The van der Waals surface area contributed by atoms with Gasteiger partial charge in [0.05, 0.1) is 18.2 Å². The zero-order chi connectivity index (χ0) is 22.1. The number of H-pyrrole nitrogens is 1. The van der Waals surface area contributed by atoms with Crippen LogP contribution in [0.25, 0.3) is 28.2 Å². The van der Waals surface area contributed by atoms with Crippen molar-refractivity contribution in [2.24, 2.45) is 0 Å². The summed E-state index contributed by atoms with van der Waals surface area (Å²) in [6.45, 7) is 3.98. The summed E-state index contributed by atoms with van der Waals surface area (Å²) in [7, 11) is 0. The molecule has 0 spiro atoms. The summed E-state index contributed by atoms with van der Waals surface area (Å²) in [6, 6.07) is 9.26. The van der Waals surface area contributed by atoms with Crippen molar-refractivity contribution in [1.82, 2.24) is 9.97 Å². The number of rotatable bonds is 4. The highest BCUT2D eigenvalue weighted by Gasteiger charge is 2.26. The number of esters is 1. The first kappa shape index (κ1) is 20.9. The van der Waals surface area contributed by atoms with Gasteiger partial charge >= 0.3 is 5.97 Å². The number of hydrogen-bond acceptors (Lipinski definition) is 5. The van der Waals surface area contributed by atoms with Gasteiger partial charge in [0.15, 0.2) is 0 Å². The van der Waals surface area contributed by atoms with Gasteiger partial charge in [-0.15, -0.1) is 0 Å². The largest absolute Gasteiger partial charge is 0.458 e. The van der Waals surface area contributed by atoms with Crippen LogP contribution in [0, 0.1) is 5.82 Å². The topological polar surface area (TPSA) is 92.3 Å². The molecule has 0 bridgehead atoms. The minimum atomic E-state index is -0.739. The standard InChI is InChI=1S/C24H23FN2O4/c1-13(2)23-18(8-7-17-11-16(28)12-21(30)31-17)22(14-3-5-15(25)6-4-14)19-9-10-20(29)26-24(19)27-23/h3-10,13,16-17,28H,11-12H2,1-2H3,(H,26,27,29)/t16-,17-/m0/s1. The van der Waals surface area contributed by atoms with E-state index < -0.39 is 18.2 Å². The Balaban J connectivity index is 1.94. The molecule has 0 amide bonds. The minimum absolute atomic E-state index is 0.00664. The fourth-order valence-electron chi connectivity index (χ4n) is 3.87. The molecule has 1 fully saturated rings. The van der Waals surface area contributed by atoms with Gasteiger partial charge in [-0.2, -0.15) is 0 Å². The van der Waals surface area contributed by atoms with Crippen LogP contribution in [0.15, 0.2) is 47.3 Å². The van der Waals surface area contributed by atoms with Crippen LogP contribution in [0.1, 0.15) is 43.9 Å². The van der Waals surface area contributed by atoms with E-state index >= 15 is 0 Å². The number of aliphatic hydroxyl groups is 1. The quantitative estimate of drug-likeness (QED) is 0.622. The molecule has 6 nitrogen and oxygen atoms in total. The van der Waals surface area contributed by atoms with Crippen molar-refractivity contribution in [3.8, 4) is 11.1 Å². The second-order valence-corrected chi connectivity index (χ2v) is 8.01. The van der Waals surface area contributed by atoms with Gasteiger partial charge < -0.3 is 14.8 Å². The first-order chi connectivity index (χ1) is 14.8. The Morgan fingerprint density at radius 3 is 2.61 bits per heavy atom. The average Bonchev–Trinajstić information content (AvgIpc) is 2.71. The average molecular weight is 422 g/mol. The van der Waals surface area contributed by atoms with Crippen LogP contribution in [0.4, 0.5) is 4.39 Å². The number of aromatic nitrogens is 2. The lowest BCUT2D eigenvalue weighted by atomic mass is 9.91. The normalized spacial score (nSPS) is 19.3. The maximum Gasteiger partial charge on any atom is 0.309 e. The zero-order valence-electron chi connectivity index (χ0n) is 17.3. The third kappa shape index (κ3) is 4.41. The molecule has 3 heterocycles.